The summed E-state index contributed by atoms with van der Waals surface area (Å²) in [6.07, 6.45) is 7.51. The molecular weight excluding hydrogens is 396 g/mol. The monoisotopic (exact) mass is 430 g/mol. The van der Waals surface area contributed by atoms with Gasteiger partial charge >= 0.3 is 0 Å². The molecule has 2 saturated heterocycles. The first-order valence-corrected chi connectivity index (χ1v) is 11.2. The number of rotatable bonds is 8. The molecule has 2 aliphatic rings. The van der Waals surface area contributed by atoms with E-state index in [0.29, 0.717) is 6.61 Å². The van der Waals surface area contributed by atoms with Gasteiger partial charge in [0.15, 0.2) is 5.96 Å². The zero-order valence-electron chi connectivity index (χ0n) is 18.4. The van der Waals surface area contributed by atoms with Crippen molar-refractivity contribution in [2.24, 2.45) is 12.0 Å². The van der Waals surface area contributed by atoms with Gasteiger partial charge in [-0.1, -0.05) is 0 Å². The van der Waals surface area contributed by atoms with Gasteiger partial charge in [0, 0.05) is 64.5 Å². The van der Waals surface area contributed by atoms with Crippen molar-refractivity contribution in [2.45, 2.75) is 18.9 Å². The highest BCUT2D eigenvalue weighted by atomic mass is 16.5. The number of nitrogens with one attached hydrogen (secondary N) is 1. The summed E-state index contributed by atoms with van der Waals surface area (Å²) >= 11 is 0. The quantitative estimate of drug-likeness (QED) is 0.384. The molecule has 1 N–H and O–H groups in total. The topological polar surface area (TPSA) is 80.3 Å². The van der Waals surface area contributed by atoms with Crippen LogP contribution in [0.1, 0.15) is 23.8 Å². The van der Waals surface area contributed by atoms with Gasteiger partial charge in [-0.05, 0) is 18.6 Å². The largest absolute Gasteiger partial charge is 0.469 e. The molecule has 0 spiro atoms. The van der Waals surface area contributed by atoms with E-state index < -0.39 is 0 Å². The maximum absolute atomic E-state index is 6.01. The minimum absolute atomic E-state index is 0.00729. The first-order valence-electron chi connectivity index (χ1n) is 11.2. The van der Waals surface area contributed by atoms with Crippen molar-refractivity contribution in [3.05, 3.63) is 42.1 Å². The number of furan rings is 1. The third-order valence-electron chi connectivity index (χ3n) is 5.69. The third-order valence-corrected chi connectivity index (χ3v) is 5.69. The lowest BCUT2D eigenvalue weighted by molar-refractivity contribution is -0.00807. The Morgan fingerprint density at radius 2 is 2.16 bits per heavy atom. The molecule has 4 rings (SSSR count). The number of guanidine groups is 1. The summed E-state index contributed by atoms with van der Waals surface area (Å²) in [5.41, 5.74) is 1.11. The highest BCUT2D eigenvalue weighted by Crippen LogP contribution is 2.21. The zero-order chi connectivity index (χ0) is 21.3. The molecule has 0 radical (unpaired) electrons. The van der Waals surface area contributed by atoms with Gasteiger partial charge in [0.05, 0.1) is 38.8 Å². The van der Waals surface area contributed by atoms with Crippen LogP contribution in [0.4, 0.5) is 0 Å². The molecule has 0 aliphatic carbocycles. The Labute approximate surface area is 184 Å². The van der Waals surface area contributed by atoms with Crippen LogP contribution in [0.3, 0.4) is 0 Å². The summed E-state index contributed by atoms with van der Waals surface area (Å²) in [7, 11) is 1.93. The van der Waals surface area contributed by atoms with E-state index in [-0.39, 0.29) is 6.10 Å². The van der Waals surface area contributed by atoms with Crippen LogP contribution in [0.15, 0.2) is 40.2 Å². The molecule has 2 aromatic rings. The van der Waals surface area contributed by atoms with Crippen LogP contribution in [0.25, 0.3) is 0 Å². The van der Waals surface area contributed by atoms with Gasteiger partial charge in [0.25, 0.3) is 0 Å². The minimum Gasteiger partial charge on any atom is -0.469 e. The Morgan fingerprint density at radius 1 is 1.26 bits per heavy atom. The molecule has 4 heterocycles. The van der Waals surface area contributed by atoms with Crippen molar-refractivity contribution in [1.29, 1.82) is 0 Å². The number of aryl methyl sites for hydroxylation is 1. The third kappa shape index (κ3) is 6.56. The average Bonchev–Trinajstić information content (AvgIpc) is 3.48. The Hall–Kier alpha value is -2.36. The summed E-state index contributed by atoms with van der Waals surface area (Å²) in [6.45, 7) is 8.63. The predicted octanol–water partition coefficient (Wildman–Crippen LogP) is 1.30. The number of hydrogen-bond acceptors (Lipinski definition) is 6. The average molecular weight is 431 g/mol. The summed E-state index contributed by atoms with van der Waals surface area (Å²) < 4.78 is 18.7. The lowest BCUT2D eigenvalue weighted by atomic mass is 10.1. The highest BCUT2D eigenvalue weighted by molar-refractivity contribution is 5.80. The Morgan fingerprint density at radius 3 is 2.94 bits per heavy atom. The number of aliphatic imine (C=N–C) groups is 1. The van der Waals surface area contributed by atoms with E-state index in [1.54, 1.807) is 6.26 Å². The van der Waals surface area contributed by atoms with Gasteiger partial charge in [-0.25, -0.2) is 0 Å². The molecular formula is C22H34N6O3. The van der Waals surface area contributed by atoms with E-state index >= 15 is 0 Å². The first kappa shape index (κ1) is 21.9. The van der Waals surface area contributed by atoms with Crippen LogP contribution in [0.2, 0.25) is 0 Å². The number of hydrogen-bond donors (Lipinski definition) is 1. The second-order valence-electron chi connectivity index (χ2n) is 8.02. The van der Waals surface area contributed by atoms with E-state index in [1.165, 1.54) is 0 Å². The van der Waals surface area contributed by atoms with Crippen LogP contribution >= 0.6 is 0 Å². The summed E-state index contributed by atoms with van der Waals surface area (Å²) in [5, 5.41) is 7.84. The molecule has 9 heteroatoms. The second-order valence-corrected chi connectivity index (χ2v) is 8.02. The van der Waals surface area contributed by atoms with Gasteiger partial charge in [0.1, 0.15) is 11.9 Å². The lowest BCUT2D eigenvalue weighted by Crippen LogP contribution is -2.48. The van der Waals surface area contributed by atoms with E-state index in [4.69, 9.17) is 18.9 Å². The molecule has 2 aromatic heterocycles. The van der Waals surface area contributed by atoms with Gasteiger partial charge < -0.3 is 24.1 Å². The maximum atomic E-state index is 6.01. The van der Waals surface area contributed by atoms with E-state index in [0.717, 1.165) is 89.2 Å². The number of aromatic nitrogens is 2. The standard InChI is InChI=1S/C22H34N6O3/c1-26-17-19(16-25-26)21-18-28(11-15-31-21)22(24-7-5-20-4-2-12-30-20)23-6-3-8-27-9-13-29-14-10-27/h2,4,12,16-17,21H,3,5-11,13-15,18H2,1H3,(H,23,24). The van der Waals surface area contributed by atoms with Gasteiger partial charge in [-0.15, -0.1) is 0 Å². The van der Waals surface area contributed by atoms with Crippen LogP contribution in [-0.2, 0) is 22.9 Å². The van der Waals surface area contributed by atoms with Crippen molar-refractivity contribution in [3.8, 4) is 0 Å². The normalized spacial score (nSPS) is 20.9. The Bertz CT molecular complexity index is 800. The zero-order valence-corrected chi connectivity index (χ0v) is 18.4. The van der Waals surface area contributed by atoms with Crippen LogP contribution in [0, 0.1) is 0 Å². The molecule has 31 heavy (non-hydrogen) atoms. The summed E-state index contributed by atoms with van der Waals surface area (Å²) in [4.78, 5) is 9.71. The molecule has 0 bridgehead atoms. The molecule has 0 amide bonds. The van der Waals surface area contributed by atoms with Crippen LogP contribution in [-0.4, -0.2) is 91.2 Å². The van der Waals surface area contributed by atoms with Crippen molar-refractivity contribution in [2.75, 3.05) is 65.6 Å². The molecule has 1 atom stereocenters. The van der Waals surface area contributed by atoms with Crippen LogP contribution in [0.5, 0.6) is 0 Å². The van der Waals surface area contributed by atoms with E-state index in [1.807, 2.05) is 36.3 Å². The van der Waals surface area contributed by atoms with Gasteiger partial charge in [-0.3, -0.25) is 14.6 Å². The highest BCUT2D eigenvalue weighted by Gasteiger charge is 2.25. The fourth-order valence-corrected chi connectivity index (χ4v) is 3.97. The number of ether oxygens (including phenoxy) is 2. The Kier molecular flexibility index (Phi) is 7.98. The lowest BCUT2D eigenvalue weighted by Gasteiger charge is -2.35. The fraction of sp³-hybridized carbons (Fsp3) is 0.636. The van der Waals surface area contributed by atoms with E-state index in [2.05, 4.69) is 20.2 Å². The van der Waals surface area contributed by atoms with Crippen molar-refractivity contribution in [1.82, 2.24) is 24.9 Å². The predicted molar refractivity (Wildman–Crippen MR) is 118 cm³/mol. The number of morpholine rings is 2. The molecule has 2 aliphatic heterocycles. The van der Waals surface area contributed by atoms with E-state index in [9.17, 15) is 0 Å². The van der Waals surface area contributed by atoms with Crippen molar-refractivity contribution in [3.63, 3.8) is 0 Å². The van der Waals surface area contributed by atoms with Crippen LogP contribution < -0.4 is 5.32 Å². The molecule has 170 valence electrons. The summed E-state index contributed by atoms with van der Waals surface area (Å²) in [5.74, 6) is 1.93. The molecule has 0 saturated carbocycles. The SMILES string of the molecule is Cn1cc(C2CN(C(=NCCCN3CCOCC3)NCCc3ccco3)CCO2)cn1. The minimum atomic E-state index is 0.00729. The maximum Gasteiger partial charge on any atom is 0.194 e. The van der Waals surface area contributed by atoms with Gasteiger partial charge in [0.2, 0.25) is 0 Å². The molecule has 0 aromatic carbocycles. The molecule has 9 nitrogen and oxygen atoms in total. The molecule has 2 fully saturated rings. The Balaban J connectivity index is 1.34. The first-order chi connectivity index (χ1) is 15.3. The van der Waals surface area contributed by atoms with Crippen molar-refractivity contribution >= 4 is 5.96 Å². The number of nitrogens with zero attached hydrogens (tertiary/aromatic N) is 5. The molecule has 1 unspecified atom stereocenters. The summed E-state index contributed by atoms with van der Waals surface area (Å²) in [6, 6.07) is 3.93. The smallest absolute Gasteiger partial charge is 0.194 e. The van der Waals surface area contributed by atoms with Gasteiger partial charge in [-0.2, -0.15) is 5.10 Å². The van der Waals surface area contributed by atoms with Crippen molar-refractivity contribution < 1.29 is 13.9 Å². The second kappa shape index (κ2) is 11.3. The fourth-order valence-electron chi connectivity index (χ4n) is 3.97.